The Morgan fingerprint density at radius 1 is 0.962 bits per heavy atom. The summed E-state index contributed by atoms with van der Waals surface area (Å²) in [5.41, 5.74) is 2.65. The summed E-state index contributed by atoms with van der Waals surface area (Å²) >= 11 is 0. The fourth-order valence-electron chi connectivity index (χ4n) is 2.65. The molecule has 0 saturated carbocycles. The number of carbonyl (C=O) groups is 1. The van der Waals surface area contributed by atoms with E-state index in [0.717, 1.165) is 22.7 Å². The predicted molar refractivity (Wildman–Crippen MR) is 98.9 cm³/mol. The predicted octanol–water partition coefficient (Wildman–Crippen LogP) is 3.74. The number of nitrogens with zero attached hydrogens (tertiary/aromatic N) is 1. The molecule has 1 aliphatic heterocycles. The first-order valence-corrected chi connectivity index (χ1v) is 8.23. The van der Waals surface area contributed by atoms with E-state index < -0.39 is 0 Å². The van der Waals surface area contributed by atoms with Gasteiger partial charge in [0.15, 0.2) is 11.5 Å². The molecule has 0 spiro atoms. The molecule has 0 bridgehead atoms. The van der Waals surface area contributed by atoms with E-state index in [1.807, 2.05) is 54.6 Å². The number of benzene rings is 2. The van der Waals surface area contributed by atoms with Crippen LogP contribution in [0.2, 0.25) is 0 Å². The molecule has 4 rings (SSSR count). The lowest BCUT2D eigenvalue weighted by Gasteiger charge is -2.09. The SMILES string of the molecule is O=C(Cc1ccccc1)Nc1ccc(Nc2ccc3c(c2)OCO3)cn1. The Bertz CT molecular complexity index is 911. The van der Waals surface area contributed by atoms with E-state index in [-0.39, 0.29) is 12.7 Å². The highest BCUT2D eigenvalue weighted by atomic mass is 16.7. The van der Waals surface area contributed by atoms with Crippen LogP contribution in [-0.2, 0) is 11.2 Å². The van der Waals surface area contributed by atoms with Crippen molar-refractivity contribution in [2.45, 2.75) is 6.42 Å². The van der Waals surface area contributed by atoms with Crippen LogP contribution in [0.5, 0.6) is 11.5 Å². The molecule has 6 heteroatoms. The van der Waals surface area contributed by atoms with Crippen molar-refractivity contribution in [3.05, 3.63) is 72.4 Å². The lowest BCUT2D eigenvalue weighted by atomic mass is 10.1. The molecule has 130 valence electrons. The molecule has 0 fully saturated rings. The summed E-state index contributed by atoms with van der Waals surface area (Å²) < 4.78 is 10.7. The lowest BCUT2D eigenvalue weighted by molar-refractivity contribution is -0.115. The molecule has 2 aromatic carbocycles. The summed E-state index contributed by atoms with van der Waals surface area (Å²) in [6.07, 6.45) is 1.99. The smallest absolute Gasteiger partial charge is 0.231 e. The normalized spacial score (nSPS) is 11.8. The Morgan fingerprint density at radius 2 is 1.77 bits per heavy atom. The highest BCUT2D eigenvalue weighted by Gasteiger charge is 2.13. The van der Waals surface area contributed by atoms with Gasteiger partial charge in [-0.25, -0.2) is 4.98 Å². The summed E-state index contributed by atoms with van der Waals surface area (Å²) in [6, 6.07) is 18.9. The number of pyridine rings is 1. The highest BCUT2D eigenvalue weighted by molar-refractivity contribution is 5.91. The van der Waals surface area contributed by atoms with Crippen molar-refractivity contribution in [1.82, 2.24) is 4.98 Å². The minimum absolute atomic E-state index is 0.0971. The molecule has 2 heterocycles. The molecule has 2 N–H and O–H groups in total. The third-order valence-corrected chi connectivity index (χ3v) is 3.90. The van der Waals surface area contributed by atoms with Crippen LogP contribution < -0.4 is 20.1 Å². The zero-order valence-electron chi connectivity index (χ0n) is 13.9. The average Bonchev–Trinajstić information content (AvgIpc) is 3.12. The summed E-state index contributed by atoms with van der Waals surface area (Å²) in [4.78, 5) is 16.4. The maximum atomic E-state index is 12.1. The van der Waals surface area contributed by atoms with Crippen molar-refractivity contribution in [1.29, 1.82) is 0 Å². The third-order valence-electron chi connectivity index (χ3n) is 3.90. The number of aromatic nitrogens is 1. The molecular weight excluding hydrogens is 330 g/mol. The molecule has 3 aromatic rings. The Labute approximate surface area is 150 Å². The fraction of sp³-hybridized carbons (Fsp3) is 0.100. The highest BCUT2D eigenvalue weighted by Crippen LogP contribution is 2.35. The second kappa shape index (κ2) is 7.14. The maximum Gasteiger partial charge on any atom is 0.231 e. The summed E-state index contributed by atoms with van der Waals surface area (Å²) in [5, 5.41) is 6.04. The first-order valence-electron chi connectivity index (χ1n) is 8.23. The van der Waals surface area contributed by atoms with Gasteiger partial charge in [-0.3, -0.25) is 4.79 Å². The van der Waals surface area contributed by atoms with Gasteiger partial charge in [0.25, 0.3) is 0 Å². The fourth-order valence-corrected chi connectivity index (χ4v) is 2.65. The van der Waals surface area contributed by atoms with Gasteiger partial charge in [0.05, 0.1) is 18.3 Å². The molecule has 26 heavy (non-hydrogen) atoms. The van der Waals surface area contributed by atoms with E-state index in [1.165, 1.54) is 0 Å². The third kappa shape index (κ3) is 3.75. The number of nitrogens with one attached hydrogen (secondary N) is 2. The van der Waals surface area contributed by atoms with Crippen LogP contribution in [0.4, 0.5) is 17.2 Å². The summed E-state index contributed by atoms with van der Waals surface area (Å²) in [5.74, 6) is 1.88. The Balaban J connectivity index is 1.36. The molecule has 0 unspecified atom stereocenters. The number of ether oxygens (including phenoxy) is 2. The zero-order chi connectivity index (χ0) is 17.8. The van der Waals surface area contributed by atoms with Gasteiger partial charge in [0.1, 0.15) is 5.82 Å². The summed E-state index contributed by atoms with van der Waals surface area (Å²) in [6.45, 7) is 0.248. The number of hydrogen-bond donors (Lipinski definition) is 2. The maximum absolute atomic E-state index is 12.1. The minimum atomic E-state index is -0.0971. The van der Waals surface area contributed by atoms with E-state index >= 15 is 0 Å². The average molecular weight is 347 g/mol. The van der Waals surface area contributed by atoms with Crippen molar-refractivity contribution >= 4 is 23.1 Å². The summed E-state index contributed by atoms with van der Waals surface area (Å²) in [7, 11) is 0. The van der Waals surface area contributed by atoms with Gasteiger partial charge in [-0.05, 0) is 29.8 Å². The van der Waals surface area contributed by atoms with Gasteiger partial charge in [-0.1, -0.05) is 30.3 Å². The standard InChI is InChI=1S/C20H17N3O3/c24-20(10-14-4-2-1-3-5-14)23-19-9-7-16(12-21-19)22-15-6-8-17-18(11-15)26-13-25-17/h1-9,11-12,22H,10,13H2,(H,21,23,24). The lowest BCUT2D eigenvalue weighted by Crippen LogP contribution is -2.15. The molecule has 0 atom stereocenters. The second-order valence-electron chi connectivity index (χ2n) is 5.84. The van der Waals surface area contributed by atoms with Gasteiger partial charge >= 0.3 is 0 Å². The van der Waals surface area contributed by atoms with Gasteiger partial charge in [0.2, 0.25) is 12.7 Å². The molecule has 6 nitrogen and oxygen atoms in total. The van der Waals surface area contributed by atoms with E-state index in [0.29, 0.717) is 18.0 Å². The van der Waals surface area contributed by atoms with Crippen molar-refractivity contribution in [2.75, 3.05) is 17.4 Å². The molecule has 0 saturated heterocycles. The molecule has 1 amide bonds. The number of rotatable bonds is 5. The number of hydrogen-bond acceptors (Lipinski definition) is 5. The van der Waals surface area contributed by atoms with Crippen LogP contribution in [0.15, 0.2) is 66.9 Å². The molecule has 0 radical (unpaired) electrons. The number of carbonyl (C=O) groups excluding carboxylic acids is 1. The van der Waals surface area contributed by atoms with Crippen LogP contribution in [0, 0.1) is 0 Å². The Morgan fingerprint density at radius 3 is 2.58 bits per heavy atom. The first-order chi connectivity index (χ1) is 12.8. The topological polar surface area (TPSA) is 72.5 Å². The van der Waals surface area contributed by atoms with Crippen molar-refractivity contribution in [3.63, 3.8) is 0 Å². The quantitative estimate of drug-likeness (QED) is 0.736. The molecule has 0 aliphatic carbocycles. The van der Waals surface area contributed by atoms with Gasteiger partial charge in [-0.2, -0.15) is 0 Å². The monoisotopic (exact) mass is 347 g/mol. The van der Waals surface area contributed by atoms with Crippen LogP contribution in [0.1, 0.15) is 5.56 Å². The van der Waals surface area contributed by atoms with Crippen LogP contribution in [0.25, 0.3) is 0 Å². The Kier molecular flexibility index (Phi) is 4.38. The number of amides is 1. The van der Waals surface area contributed by atoms with Crippen molar-refractivity contribution in [3.8, 4) is 11.5 Å². The van der Waals surface area contributed by atoms with Crippen LogP contribution in [-0.4, -0.2) is 17.7 Å². The zero-order valence-corrected chi connectivity index (χ0v) is 13.9. The second-order valence-corrected chi connectivity index (χ2v) is 5.84. The largest absolute Gasteiger partial charge is 0.454 e. The van der Waals surface area contributed by atoms with E-state index in [2.05, 4.69) is 15.6 Å². The molecule has 1 aliphatic rings. The van der Waals surface area contributed by atoms with Crippen molar-refractivity contribution < 1.29 is 14.3 Å². The molecule has 1 aromatic heterocycles. The van der Waals surface area contributed by atoms with E-state index in [9.17, 15) is 4.79 Å². The van der Waals surface area contributed by atoms with Crippen molar-refractivity contribution in [2.24, 2.45) is 0 Å². The number of anilines is 3. The van der Waals surface area contributed by atoms with E-state index in [4.69, 9.17) is 9.47 Å². The number of fused-ring (bicyclic) bond motifs is 1. The minimum Gasteiger partial charge on any atom is -0.454 e. The van der Waals surface area contributed by atoms with Crippen LogP contribution >= 0.6 is 0 Å². The Hall–Kier alpha value is -3.54. The first kappa shape index (κ1) is 16.0. The van der Waals surface area contributed by atoms with Gasteiger partial charge in [-0.15, -0.1) is 0 Å². The van der Waals surface area contributed by atoms with Crippen LogP contribution in [0.3, 0.4) is 0 Å². The van der Waals surface area contributed by atoms with E-state index in [1.54, 1.807) is 12.3 Å². The molecular formula is C20H17N3O3. The van der Waals surface area contributed by atoms with Gasteiger partial charge < -0.3 is 20.1 Å². The van der Waals surface area contributed by atoms with Gasteiger partial charge in [0, 0.05) is 11.8 Å².